The van der Waals surface area contributed by atoms with E-state index in [9.17, 15) is 4.39 Å². The first-order chi connectivity index (χ1) is 7.63. The lowest BCUT2D eigenvalue weighted by Gasteiger charge is -2.06. The van der Waals surface area contributed by atoms with E-state index in [4.69, 9.17) is 17.3 Å². The minimum absolute atomic E-state index is 0.310. The van der Waals surface area contributed by atoms with Crippen molar-refractivity contribution in [1.29, 1.82) is 0 Å². The van der Waals surface area contributed by atoms with Crippen LogP contribution >= 0.6 is 11.6 Å². The van der Waals surface area contributed by atoms with Crippen LogP contribution in [0.1, 0.15) is 0 Å². The van der Waals surface area contributed by atoms with Crippen LogP contribution in [0.3, 0.4) is 0 Å². The third-order valence-corrected chi connectivity index (χ3v) is 2.04. The van der Waals surface area contributed by atoms with Crippen LogP contribution in [-0.2, 0) is 0 Å². The Morgan fingerprint density at radius 2 is 2.00 bits per heavy atom. The average molecular weight is 239 g/mol. The summed E-state index contributed by atoms with van der Waals surface area (Å²) in [5, 5.41) is 3.18. The molecule has 0 aliphatic heterocycles. The lowest BCUT2D eigenvalue weighted by Crippen LogP contribution is -1.97. The van der Waals surface area contributed by atoms with E-state index in [1.54, 1.807) is 12.1 Å². The summed E-state index contributed by atoms with van der Waals surface area (Å²) < 4.78 is 13.0. The summed E-state index contributed by atoms with van der Waals surface area (Å²) in [7, 11) is 0. The van der Waals surface area contributed by atoms with Crippen molar-refractivity contribution in [2.24, 2.45) is 0 Å². The molecule has 0 bridgehead atoms. The fourth-order valence-electron chi connectivity index (χ4n) is 1.21. The highest BCUT2D eigenvalue weighted by molar-refractivity contribution is 6.30. The van der Waals surface area contributed by atoms with Gasteiger partial charge in [-0.05, 0) is 18.2 Å². The molecule has 0 atom stereocenters. The molecule has 0 saturated heterocycles. The number of rotatable bonds is 2. The Hall–Kier alpha value is -1.88. The number of nitrogen functional groups attached to an aromatic ring is 1. The van der Waals surface area contributed by atoms with E-state index >= 15 is 0 Å². The summed E-state index contributed by atoms with van der Waals surface area (Å²) in [6.45, 7) is 0. The van der Waals surface area contributed by atoms with Crippen molar-refractivity contribution in [3.63, 3.8) is 0 Å². The highest BCUT2D eigenvalue weighted by Gasteiger charge is 2.01. The monoisotopic (exact) mass is 238 g/mol. The largest absolute Gasteiger partial charge is 0.384 e. The van der Waals surface area contributed by atoms with Crippen molar-refractivity contribution in [2.45, 2.75) is 0 Å². The number of nitrogens with two attached hydrogens (primary N) is 1. The minimum atomic E-state index is -0.419. The van der Waals surface area contributed by atoms with Gasteiger partial charge in [0.25, 0.3) is 0 Å². The molecule has 0 spiro atoms. The first-order valence-electron chi connectivity index (χ1n) is 4.44. The SMILES string of the molecule is Nc1cc(Nc2cc(F)cc(Cl)c2)ncn1. The summed E-state index contributed by atoms with van der Waals surface area (Å²) in [5.74, 6) is 0.395. The summed E-state index contributed by atoms with van der Waals surface area (Å²) >= 11 is 5.71. The Labute approximate surface area is 96.3 Å². The predicted molar refractivity (Wildman–Crippen MR) is 61.1 cm³/mol. The van der Waals surface area contributed by atoms with Crippen LogP contribution in [0.5, 0.6) is 0 Å². The highest BCUT2D eigenvalue weighted by Crippen LogP contribution is 2.21. The zero-order valence-electron chi connectivity index (χ0n) is 8.11. The molecule has 0 unspecified atom stereocenters. The van der Waals surface area contributed by atoms with Gasteiger partial charge in [-0.3, -0.25) is 0 Å². The molecule has 2 aromatic rings. The number of benzene rings is 1. The van der Waals surface area contributed by atoms with Crippen LogP contribution in [-0.4, -0.2) is 9.97 Å². The van der Waals surface area contributed by atoms with Gasteiger partial charge in [-0.25, -0.2) is 14.4 Å². The molecular formula is C10H8ClFN4. The van der Waals surface area contributed by atoms with Gasteiger partial charge in [-0.2, -0.15) is 0 Å². The number of hydrogen-bond acceptors (Lipinski definition) is 4. The Balaban J connectivity index is 2.27. The molecule has 4 nitrogen and oxygen atoms in total. The molecule has 0 aliphatic carbocycles. The van der Waals surface area contributed by atoms with Crippen molar-refractivity contribution < 1.29 is 4.39 Å². The number of aromatic nitrogens is 2. The van der Waals surface area contributed by atoms with Gasteiger partial charge in [0.05, 0.1) is 0 Å². The summed E-state index contributed by atoms with van der Waals surface area (Å²) in [5.41, 5.74) is 5.98. The van der Waals surface area contributed by atoms with Crippen LogP contribution in [0.2, 0.25) is 5.02 Å². The normalized spacial score (nSPS) is 10.1. The quantitative estimate of drug-likeness (QED) is 0.844. The van der Waals surface area contributed by atoms with E-state index in [-0.39, 0.29) is 0 Å². The first kappa shape index (κ1) is 10.6. The van der Waals surface area contributed by atoms with Crippen LogP contribution < -0.4 is 11.1 Å². The topological polar surface area (TPSA) is 63.8 Å². The van der Waals surface area contributed by atoms with E-state index in [0.29, 0.717) is 22.3 Å². The van der Waals surface area contributed by atoms with Crippen molar-refractivity contribution in [1.82, 2.24) is 9.97 Å². The average Bonchev–Trinajstić information content (AvgIpc) is 2.15. The molecule has 0 saturated carbocycles. The second-order valence-corrected chi connectivity index (χ2v) is 3.55. The van der Waals surface area contributed by atoms with Crippen molar-refractivity contribution >= 4 is 28.9 Å². The molecular weight excluding hydrogens is 231 g/mol. The molecule has 1 heterocycles. The molecule has 0 fully saturated rings. The van der Waals surface area contributed by atoms with Gasteiger partial charge >= 0.3 is 0 Å². The smallest absolute Gasteiger partial charge is 0.135 e. The molecule has 0 aliphatic rings. The first-order valence-corrected chi connectivity index (χ1v) is 4.82. The van der Waals surface area contributed by atoms with E-state index in [1.807, 2.05) is 0 Å². The highest BCUT2D eigenvalue weighted by atomic mass is 35.5. The van der Waals surface area contributed by atoms with Gasteiger partial charge in [-0.1, -0.05) is 11.6 Å². The van der Waals surface area contributed by atoms with Crippen molar-refractivity contribution in [2.75, 3.05) is 11.1 Å². The molecule has 1 aromatic heterocycles. The number of hydrogen-bond donors (Lipinski definition) is 2. The van der Waals surface area contributed by atoms with Gasteiger partial charge in [0.1, 0.15) is 23.8 Å². The van der Waals surface area contributed by atoms with E-state index in [2.05, 4.69) is 15.3 Å². The second kappa shape index (κ2) is 4.32. The molecule has 6 heteroatoms. The van der Waals surface area contributed by atoms with Crippen LogP contribution in [0.25, 0.3) is 0 Å². The molecule has 0 amide bonds. The third kappa shape index (κ3) is 2.58. The molecule has 2 rings (SSSR count). The number of nitrogens with zero attached hydrogens (tertiary/aromatic N) is 2. The maximum Gasteiger partial charge on any atom is 0.135 e. The summed E-state index contributed by atoms with van der Waals surface area (Å²) in [6.07, 6.45) is 1.32. The van der Waals surface area contributed by atoms with E-state index in [1.165, 1.54) is 18.5 Å². The fourth-order valence-corrected chi connectivity index (χ4v) is 1.44. The van der Waals surface area contributed by atoms with Crippen LogP contribution in [0.4, 0.5) is 21.7 Å². The zero-order valence-corrected chi connectivity index (χ0v) is 8.87. The van der Waals surface area contributed by atoms with Gasteiger partial charge < -0.3 is 11.1 Å². The van der Waals surface area contributed by atoms with Crippen molar-refractivity contribution in [3.05, 3.63) is 41.4 Å². The van der Waals surface area contributed by atoms with Gasteiger partial charge in [-0.15, -0.1) is 0 Å². The molecule has 1 aromatic carbocycles. The third-order valence-electron chi connectivity index (χ3n) is 1.82. The van der Waals surface area contributed by atoms with Crippen molar-refractivity contribution in [3.8, 4) is 0 Å². The summed E-state index contributed by atoms with van der Waals surface area (Å²) in [4.78, 5) is 7.67. The van der Waals surface area contributed by atoms with Crippen LogP contribution in [0.15, 0.2) is 30.6 Å². The molecule has 82 valence electrons. The second-order valence-electron chi connectivity index (χ2n) is 3.11. The maximum atomic E-state index is 13.0. The van der Waals surface area contributed by atoms with Gasteiger partial charge in [0, 0.05) is 16.8 Å². The van der Waals surface area contributed by atoms with Gasteiger partial charge in [0.2, 0.25) is 0 Å². The number of nitrogens with one attached hydrogen (secondary N) is 1. The Morgan fingerprint density at radius 1 is 1.19 bits per heavy atom. The standard InChI is InChI=1S/C10H8ClFN4/c11-6-1-7(12)3-8(2-6)16-10-4-9(13)14-5-15-10/h1-5H,(H3,13,14,15,16). The Bertz CT molecular complexity index is 498. The predicted octanol–water partition coefficient (Wildman–Crippen LogP) is 2.59. The van der Waals surface area contributed by atoms with E-state index in [0.717, 1.165) is 0 Å². The van der Waals surface area contributed by atoms with Gasteiger partial charge in [0.15, 0.2) is 0 Å². The lowest BCUT2D eigenvalue weighted by atomic mass is 10.3. The Kier molecular flexibility index (Phi) is 2.87. The molecule has 3 N–H and O–H groups in total. The minimum Gasteiger partial charge on any atom is -0.384 e. The number of halogens is 2. The molecule has 16 heavy (non-hydrogen) atoms. The zero-order chi connectivity index (χ0) is 11.5. The summed E-state index contributed by atoms with van der Waals surface area (Å²) in [6, 6.07) is 5.66. The maximum absolute atomic E-state index is 13.0. The van der Waals surface area contributed by atoms with E-state index < -0.39 is 5.82 Å². The number of anilines is 3. The molecule has 0 radical (unpaired) electrons. The Morgan fingerprint density at radius 3 is 2.69 bits per heavy atom. The fraction of sp³-hybridized carbons (Fsp3) is 0. The van der Waals surface area contributed by atoms with Crippen LogP contribution in [0, 0.1) is 5.82 Å². The lowest BCUT2D eigenvalue weighted by molar-refractivity contribution is 0.628.